The van der Waals surface area contributed by atoms with Crippen molar-refractivity contribution >= 4 is 23.2 Å². The molecule has 0 amide bonds. The second-order valence-electron chi connectivity index (χ2n) is 4.76. The summed E-state index contributed by atoms with van der Waals surface area (Å²) in [5, 5.41) is 0.773. The Hall–Kier alpha value is -2.59. The molecule has 4 heteroatoms. The highest BCUT2D eigenvalue weighted by Gasteiger charge is 2.14. The van der Waals surface area contributed by atoms with E-state index in [1.165, 1.54) is 11.3 Å². The lowest BCUT2D eigenvalue weighted by atomic mass is 10.2. The van der Waals surface area contributed by atoms with Crippen LogP contribution in [0.25, 0.3) is 16.8 Å². The van der Waals surface area contributed by atoms with Gasteiger partial charge in [-0.3, -0.25) is 9.78 Å². The highest BCUT2D eigenvalue weighted by atomic mass is 32.1. The van der Waals surface area contributed by atoms with E-state index in [0.29, 0.717) is 4.88 Å². The lowest BCUT2D eigenvalue weighted by molar-refractivity contribution is 0.105. The van der Waals surface area contributed by atoms with Gasteiger partial charge in [0.05, 0.1) is 16.3 Å². The SMILES string of the molecule is Cc1nc(-c2ccccn2)sc1C(=O)C=Cc1ccccc1. The zero-order chi connectivity index (χ0) is 15.4. The molecule has 0 radical (unpaired) electrons. The largest absolute Gasteiger partial charge is 0.288 e. The van der Waals surface area contributed by atoms with Crippen molar-refractivity contribution in [3.63, 3.8) is 0 Å². The third-order valence-electron chi connectivity index (χ3n) is 3.13. The smallest absolute Gasteiger partial charge is 0.197 e. The third-order valence-corrected chi connectivity index (χ3v) is 4.33. The van der Waals surface area contributed by atoms with Crippen molar-refractivity contribution in [2.45, 2.75) is 6.92 Å². The van der Waals surface area contributed by atoms with E-state index in [1.54, 1.807) is 12.3 Å². The first-order valence-corrected chi connectivity index (χ1v) is 7.72. The molecule has 3 aromatic rings. The fraction of sp³-hybridized carbons (Fsp3) is 0.0556. The summed E-state index contributed by atoms with van der Waals surface area (Å²) in [5.74, 6) is -0.0268. The Balaban J connectivity index is 1.85. The average Bonchev–Trinajstić information content (AvgIpc) is 2.96. The summed E-state index contributed by atoms with van der Waals surface area (Å²) in [6.07, 6.45) is 5.14. The number of hydrogen-bond donors (Lipinski definition) is 0. The van der Waals surface area contributed by atoms with Crippen LogP contribution in [0, 0.1) is 6.92 Å². The molecular weight excluding hydrogens is 292 g/mol. The molecule has 0 saturated carbocycles. The monoisotopic (exact) mass is 306 g/mol. The molecule has 0 aliphatic carbocycles. The molecule has 1 aromatic carbocycles. The van der Waals surface area contributed by atoms with E-state index < -0.39 is 0 Å². The van der Waals surface area contributed by atoms with Crippen LogP contribution in [0.3, 0.4) is 0 Å². The molecule has 3 rings (SSSR count). The number of aryl methyl sites for hydroxylation is 1. The lowest BCUT2D eigenvalue weighted by Gasteiger charge is -1.93. The highest BCUT2D eigenvalue weighted by Crippen LogP contribution is 2.27. The van der Waals surface area contributed by atoms with Gasteiger partial charge < -0.3 is 0 Å². The maximum atomic E-state index is 12.3. The van der Waals surface area contributed by atoms with E-state index >= 15 is 0 Å². The number of pyridine rings is 1. The predicted molar refractivity (Wildman–Crippen MR) is 89.9 cm³/mol. The molecule has 0 bridgehead atoms. The molecule has 0 aliphatic rings. The molecule has 0 aliphatic heterocycles. The Morgan fingerprint density at radius 2 is 1.86 bits per heavy atom. The Bertz CT molecular complexity index is 808. The van der Waals surface area contributed by atoms with Crippen LogP contribution in [0.1, 0.15) is 20.9 Å². The summed E-state index contributed by atoms with van der Waals surface area (Å²) >= 11 is 1.38. The summed E-state index contributed by atoms with van der Waals surface area (Å²) in [6, 6.07) is 15.4. The highest BCUT2D eigenvalue weighted by molar-refractivity contribution is 7.17. The van der Waals surface area contributed by atoms with Gasteiger partial charge >= 0.3 is 0 Å². The molecule has 0 atom stereocenters. The van der Waals surface area contributed by atoms with Crippen molar-refractivity contribution < 1.29 is 4.79 Å². The normalized spacial score (nSPS) is 11.0. The van der Waals surface area contributed by atoms with Gasteiger partial charge in [0.25, 0.3) is 0 Å². The van der Waals surface area contributed by atoms with E-state index in [2.05, 4.69) is 9.97 Å². The molecule has 0 unspecified atom stereocenters. The summed E-state index contributed by atoms with van der Waals surface area (Å²) in [4.78, 5) is 21.7. The summed E-state index contributed by atoms with van der Waals surface area (Å²) in [6.45, 7) is 1.85. The topological polar surface area (TPSA) is 42.9 Å². The van der Waals surface area contributed by atoms with E-state index in [1.807, 2.05) is 61.5 Å². The van der Waals surface area contributed by atoms with Crippen LogP contribution in [0.15, 0.2) is 60.8 Å². The molecule has 2 heterocycles. The summed E-state index contributed by atoms with van der Waals surface area (Å²) in [7, 11) is 0. The van der Waals surface area contributed by atoms with Gasteiger partial charge in [0, 0.05) is 6.20 Å². The van der Waals surface area contributed by atoms with Gasteiger partial charge in [0.1, 0.15) is 5.01 Å². The van der Waals surface area contributed by atoms with Gasteiger partial charge in [-0.05, 0) is 30.7 Å². The molecule has 3 nitrogen and oxygen atoms in total. The Morgan fingerprint density at radius 3 is 2.59 bits per heavy atom. The molecule has 2 aromatic heterocycles. The summed E-state index contributed by atoms with van der Waals surface area (Å²) < 4.78 is 0. The number of allylic oxidation sites excluding steroid dienone is 1. The van der Waals surface area contributed by atoms with Crippen molar-refractivity contribution in [2.75, 3.05) is 0 Å². The van der Waals surface area contributed by atoms with E-state index in [0.717, 1.165) is 22.0 Å². The minimum absolute atomic E-state index is 0.0268. The average molecular weight is 306 g/mol. The van der Waals surface area contributed by atoms with Crippen LogP contribution in [-0.4, -0.2) is 15.8 Å². The summed E-state index contributed by atoms with van der Waals surface area (Å²) in [5.41, 5.74) is 2.54. The van der Waals surface area contributed by atoms with Gasteiger partial charge in [-0.2, -0.15) is 0 Å². The molecule has 0 fully saturated rings. The predicted octanol–water partition coefficient (Wildman–Crippen LogP) is 4.41. The van der Waals surface area contributed by atoms with Crippen LogP contribution in [0.2, 0.25) is 0 Å². The van der Waals surface area contributed by atoms with E-state index in [9.17, 15) is 4.79 Å². The second-order valence-corrected chi connectivity index (χ2v) is 5.76. The Morgan fingerprint density at radius 1 is 1.09 bits per heavy atom. The molecule has 0 spiro atoms. The number of thiazole rings is 1. The standard InChI is InChI=1S/C18H14N2OS/c1-13-17(16(21)11-10-14-7-3-2-4-8-14)22-18(20-13)15-9-5-6-12-19-15/h2-12H,1H3. The number of benzene rings is 1. The minimum atomic E-state index is -0.0268. The van der Waals surface area contributed by atoms with Gasteiger partial charge in [0.15, 0.2) is 5.78 Å². The number of ketones is 1. The molecular formula is C18H14N2OS. The molecule has 22 heavy (non-hydrogen) atoms. The number of hydrogen-bond acceptors (Lipinski definition) is 4. The number of nitrogens with zero attached hydrogens (tertiary/aromatic N) is 2. The van der Waals surface area contributed by atoms with Gasteiger partial charge in [-0.1, -0.05) is 42.5 Å². The zero-order valence-electron chi connectivity index (χ0n) is 12.1. The quantitative estimate of drug-likeness (QED) is 0.529. The fourth-order valence-electron chi connectivity index (χ4n) is 2.04. The molecule has 0 saturated heterocycles. The maximum absolute atomic E-state index is 12.3. The van der Waals surface area contributed by atoms with Crippen LogP contribution >= 0.6 is 11.3 Å². The Kier molecular flexibility index (Phi) is 4.21. The van der Waals surface area contributed by atoms with Crippen molar-refractivity contribution in [3.8, 4) is 10.7 Å². The first-order chi connectivity index (χ1) is 10.7. The minimum Gasteiger partial charge on any atom is -0.288 e. The lowest BCUT2D eigenvalue weighted by Crippen LogP contribution is -1.92. The number of aromatic nitrogens is 2. The van der Waals surface area contributed by atoms with Crippen molar-refractivity contribution in [3.05, 3.63) is 76.9 Å². The third kappa shape index (κ3) is 3.18. The molecule has 108 valence electrons. The Labute approximate surface area is 133 Å². The maximum Gasteiger partial charge on any atom is 0.197 e. The fourth-order valence-corrected chi connectivity index (χ4v) is 3.00. The van der Waals surface area contributed by atoms with Crippen LogP contribution in [0.4, 0.5) is 0 Å². The second kappa shape index (κ2) is 6.45. The first-order valence-electron chi connectivity index (χ1n) is 6.90. The van der Waals surface area contributed by atoms with Gasteiger partial charge in [-0.15, -0.1) is 11.3 Å². The number of rotatable bonds is 4. The van der Waals surface area contributed by atoms with Gasteiger partial charge in [-0.25, -0.2) is 4.98 Å². The number of carbonyl (C=O) groups is 1. The van der Waals surface area contributed by atoms with Crippen LogP contribution in [-0.2, 0) is 0 Å². The molecule has 0 N–H and O–H groups in total. The van der Waals surface area contributed by atoms with Crippen molar-refractivity contribution in [2.24, 2.45) is 0 Å². The first kappa shape index (κ1) is 14.4. The van der Waals surface area contributed by atoms with Gasteiger partial charge in [0.2, 0.25) is 0 Å². The van der Waals surface area contributed by atoms with E-state index in [4.69, 9.17) is 0 Å². The zero-order valence-corrected chi connectivity index (χ0v) is 12.9. The van der Waals surface area contributed by atoms with Crippen molar-refractivity contribution in [1.82, 2.24) is 9.97 Å². The number of carbonyl (C=O) groups excluding carboxylic acids is 1. The van der Waals surface area contributed by atoms with Crippen molar-refractivity contribution in [1.29, 1.82) is 0 Å². The van der Waals surface area contributed by atoms with Crippen LogP contribution in [0.5, 0.6) is 0 Å². The van der Waals surface area contributed by atoms with E-state index in [-0.39, 0.29) is 5.78 Å². The van der Waals surface area contributed by atoms with Crippen LogP contribution < -0.4 is 0 Å².